The Hall–Kier alpha value is -2.44. The molecule has 0 radical (unpaired) electrons. The standard InChI is InChI=1S/C17H17ClN4O2/c1-21(2)9-7-19-16(23)12-4-3-8-22-15(12)20-14-6-5-11(18)10-13(14)17(22)24/h3-6,8,10H,7,9H2,1-2H3,(H,19,23). The molecule has 1 amide bonds. The van der Waals surface area contributed by atoms with Crippen molar-refractivity contribution in [2.75, 3.05) is 27.2 Å². The number of hydrogen-bond acceptors (Lipinski definition) is 4. The third-order valence-corrected chi connectivity index (χ3v) is 3.93. The second-order valence-corrected chi connectivity index (χ2v) is 6.19. The van der Waals surface area contributed by atoms with Crippen molar-refractivity contribution in [2.24, 2.45) is 0 Å². The first-order valence-electron chi connectivity index (χ1n) is 7.51. The van der Waals surface area contributed by atoms with Crippen LogP contribution >= 0.6 is 11.6 Å². The minimum absolute atomic E-state index is 0.250. The first-order valence-corrected chi connectivity index (χ1v) is 7.89. The molecule has 0 unspecified atom stereocenters. The lowest BCUT2D eigenvalue weighted by molar-refractivity contribution is 0.0952. The van der Waals surface area contributed by atoms with Crippen molar-refractivity contribution in [3.63, 3.8) is 0 Å². The Labute approximate surface area is 143 Å². The quantitative estimate of drug-likeness (QED) is 0.733. The van der Waals surface area contributed by atoms with Crippen molar-refractivity contribution in [2.45, 2.75) is 0 Å². The minimum atomic E-state index is -0.254. The summed E-state index contributed by atoms with van der Waals surface area (Å²) in [5.74, 6) is -0.254. The van der Waals surface area contributed by atoms with Gasteiger partial charge in [-0.25, -0.2) is 4.98 Å². The first kappa shape index (κ1) is 16.4. The van der Waals surface area contributed by atoms with E-state index < -0.39 is 0 Å². The molecule has 0 aliphatic heterocycles. The molecule has 0 atom stereocenters. The van der Waals surface area contributed by atoms with Gasteiger partial charge < -0.3 is 10.2 Å². The van der Waals surface area contributed by atoms with Crippen LogP contribution in [0.2, 0.25) is 5.02 Å². The number of nitrogens with zero attached hydrogens (tertiary/aromatic N) is 3. The zero-order valence-corrected chi connectivity index (χ0v) is 14.2. The zero-order valence-electron chi connectivity index (χ0n) is 13.4. The van der Waals surface area contributed by atoms with Gasteiger partial charge in [-0.15, -0.1) is 0 Å². The highest BCUT2D eigenvalue weighted by atomic mass is 35.5. The number of amides is 1. The lowest BCUT2D eigenvalue weighted by atomic mass is 10.2. The van der Waals surface area contributed by atoms with E-state index in [0.29, 0.717) is 33.7 Å². The molecule has 2 aromatic heterocycles. The molecule has 3 aromatic rings. The number of carbonyl (C=O) groups is 1. The smallest absolute Gasteiger partial charge is 0.265 e. The Morgan fingerprint density at radius 2 is 2.12 bits per heavy atom. The van der Waals surface area contributed by atoms with E-state index in [1.807, 2.05) is 19.0 Å². The van der Waals surface area contributed by atoms with Gasteiger partial charge in [0.05, 0.1) is 16.5 Å². The summed E-state index contributed by atoms with van der Waals surface area (Å²) in [7, 11) is 3.87. The summed E-state index contributed by atoms with van der Waals surface area (Å²) < 4.78 is 1.37. The van der Waals surface area contributed by atoms with Crippen molar-refractivity contribution in [3.8, 4) is 0 Å². The Balaban J connectivity index is 2.10. The fourth-order valence-corrected chi connectivity index (χ4v) is 2.64. The second kappa shape index (κ2) is 6.59. The highest BCUT2D eigenvalue weighted by molar-refractivity contribution is 6.31. The zero-order chi connectivity index (χ0) is 17.3. The molecule has 0 saturated heterocycles. The van der Waals surface area contributed by atoms with Gasteiger partial charge in [0.25, 0.3) is 11.5 Å². The summed E-state index contributed by atoms with van der Waals surface area (Å²) in [6.45, 7) is 1.24. The maximum Gasteiger partial charge on any atom is 0.265 e. The lowest BCUT2D eigenvalue weighted by Gasteiger charge is -2.12. The first-order chi connectivity index (χ1) is 11.5. The summed E-state index contributed by atoms with van der Waals surface area (Å²) >= 11 is 5.96. The van der Waals surface area contributed by atoms with Crippen molar-refractivity contribution in [3.05, 3.63) is 57.5 Å². The van der Waals surface area contributed by atoms with Gasteiger partial charge in [-0.05, 0) is 44.4 Å². The van der Waals surface area contributed by atoms with E-state index in [1.165, 1.54) is 4.40 Å². The molecule has 2 heterocycles. The fraction of sp³-hybridized carbons (Fsp3) is 0.235. The van der Waals surface area contributed by atoms with Crippen LogP contribution < -0.4 is 10.9 Å². The van der Waals surface area contributed by atoms with Crippen LogP contribution in [-0.2, 0) is 0 Å². The van der Waals surface area contributed by atoms with Gasteiger partial charge in [0, 0.05) is 24.3 Å². The van der Waals surface area contributed by atoms with Crippen LogP contribution in [0.25, 0.3) is 16.6 Å². The molecule has 124 valence electrons. The number of rotatable bonds is 4. The topological polar surface area (TPSA) is 66.7 Å². The van der Waals surface area contributed by atoms with Crippen molar-refractivity contribution in [1.29, 1.82) is 0 Å². The lowest BCUT2D eigenvalue weighted by Crippen LogP contribution is -2.32. The minimum Gasteiger partial charge on any atom is -0.351 e. The molecule has 1 aromatic carbocycles. The highest BCUT2D eigenvalue weighted by Gasteiger charge is 2.14. The number of halogens is 1. The van der Waals surface area contributed by atoms with Crippen LogP contribution in [0.3, 0.4) is 0 Å². The Bertz CT molecular complexity index is 981. The van der Waals surface area contributed by atoms with E-state index in [-0.39, 0.29) is 11.5 Å². The van der Waals surface area contributed by atoms with Gasteiger partial charge in [-0.2, -0.15) is 0 Å². The Morgan fingerprint density at radius 1 is 1.33 bits per heavy atom. The van der Waals surface area contributed by atoms with E-state index in [0.717, 1.165) is 6.54 Å². The van der Waals surface area contributed by atoms with Gasteiger partial charge in [0.15, 0.2) is 5.65 Å². The maximum absolute atomic E-state index is 12.6. The number of nitrogens with one attached hydrogen (secondary N) is 1. The van der Waals surface area contributed by atoms with E-state index in [2.05, 4.69) is 10.3 Å². The third-order valence-electron chi connectivity index (χ3n) is 3.69. The fourth-order valence-electron chi connectivity index (χ4n) is 2.46. The molecule has 24 heavy (non-hydrogen) atoms. The molecule has 0 bridgehead atoms. The normalized spacial score (nSPS) is 11.3. The number of carbonyl (C=O) groups excluding carboxylic acids is 1. The average Bonchev–Trinajstić information content (AvgIpc) is 2.55. The number of fused-ring (bicyclic) bond motifs is 2. The number of likely N-dealkylation sites (N-methyl/N-ethyl adjacent to an activating group) is 1. The summed E-state index contributed by atoms with van der Waals surface area (Å²) in [5, 5.41) is 3.73. The summed E-state index contributed by atoms with van der Waals surface area (Å²) in [6, 6.07) is 8.26. The van der Waals surface area contributed by atoms with E-state index in [9.17, 15) is 9.59 Å². The summed E-state index contributed by atoms with van der Waals surface area (Å²) in [4.78, 5) is 31.5. The Kier molecular flexibility index (Phi) is 4.51. The van der Waals surface area contributed by atoms with E-state index >= 15 is 0 Å². The molecule has 7 heteroatoms. The van der Waals surface area contributed by atoms with Crippen molar-refractivity contribution >= 4 is 34.1 Å². The monoisotopic (exact) mass is 344 g/mol. The summed E-state index contributed by atoms with van der Waals surface area (Å²) in [6.07, 6.45) is 1.60. The molecule has 0 saturated carbocycles. The largest absolute Gasteiger partial charge is 0.351 e. The molecule has 6 nitrogen and oxygen atoms in total. The summed E-state index contributed by atoms with van der Waals surface area (Å²) in [5.41, 5.74) is 0.961. The highest BCUT2D eigenvalue weighted by Crippen LogP contribution is 2.17. The average molecular weight is 345 g/mol. The molecule has 0 fully saturated rings. The van der Waals surface area contributed by atoms with Crippen molar-refractivity contribution in [1.82, 2.24) is 19.6 Å². The van der Waals surface area contributed by atoms with Crippen LogP contribution in [-0.4, -0.2) is 47.4 Å². The molecule has 0 spiro atoms. The van der Waals surface area contributed by atoms with Gasteiger partial charge >= 0.3 is 0 Å². The number of benzene rings is 1. The van der Waals surface area contributed by atoms with Gasteiger partial charge in [0.1, 0.15) is 0 Å². The number of hydrogen-bond donors (Lipinski definition) is 1. The molecule has 1 N–H and O–H groups in total. The van der Waals surface area contributed by atoms with Crippen LogP contribution in [0.5, 0.6) is 0 Å². The SMILES string of the molecule is CN(C)CCNC(=O)c1cccn2c(=O)c3cc(Cl)ccc3nc12. The van der Waals surface area contributed by atoms with Crippen LogP contribution in [0.4, 0.5) is 0 Å². The maximum atomic E-state index is 12.6. The van der Waals surface area contributed by atoms with E-state index in [4.69, 9.17) is 11.6 Å². The molecular weight excluding hydrogens is 328 g/mol. The van der Waals surface area contributed by atoms with Crippen LogP contribution in [0, 0.1) is 0 Å². The number of aromatic nitrogens is 2. The Morgan fingerprint density at radius 3 is 2.88 bits per heavy atom. The molecular formula is C17H17ClN4O2. The van der Waals surface area contributed by atoms with Gasteiger partial charge in [0.2, 0.25) is 0 Å². The van der Waals surface area contributed by atoms with E-state index in [1.54, 1.807) is 36.5 Å². The van der Waals surface area contributed by atoms with Crippen LogP contribution in [0.1, 0.15) is 10.4 Å². The van der Waals surface area contributed by atoms with Gasteiger partial charge in [-0.3, -0.25) is 14.0 Å². The molecule has 3 rings (SSSR count). The molecule has 0 aliphatic rings. The number of pyridine rings is 1. The predicted octanol–water partition coefficient (Wildman–Crippen LogP) is 1.79. The molecule has 0 aliphatic carbocycles. The van der Waals surface area contributed by atoms with Gasteiger partial charge in [-0.1, -0.05) is 11.6 Å². The predicted molar refractivity (Wildman–Crippen MR) is 94.9 cm³/mol. The van der Waals surface area contributed by atoms with Crippen LogP contribution in [0.15, 0.2) is 41.3 Å². The third kappa shape index (κ3) is 3.11. The van der Waals surface area contributed by atoms with Crippen molar-refractivity contribution < 1.29 is 4.79 Å². The second-order valence-electron chi connectivity index (χ2n) is 5.75.